The van der Waals surface area contributed by atoms with E-state index in [2.05, 4.69) is 22.1 Å². The highest BCUT2D eigenvalue weighted by atomic mass is 16.3. The van der Waals surface area contributed by atoms with E-state index in [9.17, 15) is 14.7 Å². The van der Waals surface area contributed by atoms with E-state index in [-0.39, 0.29) is 23.8 Å². The van der Waals surface area contributed by atoms with Crippen LogP contribution in [0.5, 0.6) is 5.75 Å². The average molecular weight is 412 g/mol. The Balaban J connectivity index is 1.85. The van der Waals surface area contributed by atoms with E-state index >= 15 is 0 Å². The number of carbonyl (C=O) groups excluding carboxylic acids is 1. The molecule has 162 valence electrons. The van der Waals surface area contributed by atoms with E-state index in [0.717, 1.165) is 41.9 Å². The fourth-order valence-corrected chi connectivity index (χ4v) is 4.60. The highest BCUT2D eigenvalue weighted by Gasteiger charge is 2.24. The predicted molar refractivity (Wildman–Crippen MR) is 120 cm³/mol. The van der Waals surface area contributed by atoms with E-state index in [4.69, 9.17) is 0 Å². The van der Waals surface area contributed by atoms with Gasteiger partial charge in [-0.25, -0.2) is 0 Å². The van der Waals surface area contributed by atoms with Crippen molar-refractivity contribution in [3.05, 3.63) is 56.5 Å². The van der Waals surface area contributed by atoms with Crippen LogP contribution in [-0.4, -0.2) is 28.6 Å². The van der Waals surface area contributed by atoms with Crippen molar-refractivity contribution in [2.75, 3.05) is 11.4 Å². The van der Waals surface area contributed by atoms with Crippen molar-refractivity contribution in [1.82, 2.24) is 10.3 Å². The molecule has 0 aliphatic heterocycles. The zero-order chi connectivity index (χ0) is 21.8. The van der Waals surface area contributed by atoms with Gasteiger partial charge in [0.2, 0.25) is 0 Å². The quantitative estimate of drug-likeness (QED) is 0.668. The predicted octanol–water partition coefficient (Wildman–Crippen LogP) is 4.09. The molecule has 6 heteroatoms. The summed E-state index contributed by atoms with van der Waals surface area (Å²) in [5, 5.41) is 13.2. The Kier molecular flexibility index (Phi) is 6.85. The van der Waals surface area contributed by atoms with Crippen molar-refractivity contribution in [3.8, 4) is 5.75 Å². The Bertz CT molecular complexity index is 974. The molecule has 0 atom stereocenters. The van der Waals surface area contributed by atoms with E-state index in [1.54, 1.807) is 6.07 Å². The van der Waals surface area contributed by atoms with Crippen LogP contribution in [0.4, 0.5) is 5.69 Å². The number of benzene rings is 1. The molecule has 1 saturated carbocycles. The summed E-state index contributed by atoms with van der Waals surface area (Å²) < 4.78 is 0. The zero-order valence-corrected chi connectivity index (χ0v) is 18.5. The second-order valence-electron chi connectivity index (χ2n) is 8.34. The maximum atomic E-state index is 13.0. The first-order valence-corrected chi connectivity index (χ1v) is 10.9. The molecule has 0 radical (unpaired) electrons. The van der Waals surface area contributed by atoms with Gasteiger partial charge in [0.1, 0.15) is 5.75 Å². The third-order valence-electron chi connectivity index (χ3n) is 6.19. The van der Waals surface area contributed by atoms with Crippen molar-refractivity contribution in [2.45, 2.75) is 72.4 Å². The van der Waals surface area contributed by atoms with Gasteiger partial charge in [0.25, 0.3) is 11.5 Å². The summed E-state index contributed by atoms with van der Waals surface area (Å²) in [5.41, 5.74) is 4.22. The van der Waals surface area contributed by atoms with Crippen LogP contribution < -0.4 is 15.8 Å². The number of hydrogen-bond donors (Lipinski definition) is 3. The number of H-pyrrole nitrogens is 1. The minimum atomic E-state index is -0.288. The molecule has 6 nitrogen and oxygen atoms in total. The molecular weight excluding hydrogens is 378 g/mol. The second kappa shape index (κ2) is 9.37. The number of aromatic nitrogens is 1. The molecular formula is C24H33N3O3. The number of phenols is 1. The fraction of sp³-hybridized carbons (Fsp3) is 0.500. The molecule has 3 rings (SSSR count). The molecule has 1 heterocycles. The molecule has 1 aliphatic rings. The summed E-state index contributed by atoms with van der Waals surface area (Å²) >= 11 is 0. The first-order valence-electron chi connectivity index (χ1n) is 10.9. The van der Waals surface area contributed by atoms with Gasteiger partial charge < -0.3 is 20.3 Å². The molecule has 1 amide bonds. The Labute approximate surface area is 178 Å². The van der Waals surface area contributed by atoms with Crippen molar-refractivity contribution in [3.63, 3.8) is 0 Å². The Hall–Kier alpha value is -2.76. The number of aryl methyl sites for hydroxylation is 2. The third-order valence-corrected chi connectivity index (χ3v) is 6.19. The molecule has 2 aromatic rings. The molecule has 0 bridgehead atoms. The number of carbonyl (C=O) groups is 1. The molecule has 1 aromatic carbocycles. The van der Waals surface area contributed by atoms with Gasteiger partial charge in [0, 0.05) is 47.7 Å². The standard InChI is InChI=1S/C24H33N3O3/c1-5-27(18-9-7-6-8-10-18)22-13-19(28)12-20(17(22)4)23(29)25-14-21-15(2)11-16(3)26-24(21)30/h11-13,18,28H,5-10,14H2,1-4H3,(H,25,29)(H,26,30). The van der Waals surface area contributed by atoms with Gasteiger partial charge in [-0.1, -0.05) is 19.3 Å². The van der Waals surface area contributed by atoms with E-state index in [1.807, 2.05) is 26.8 Å². The summed E-state index contributed by atoms with van der Waals surface area (Å²) in [7, 11) is 0. The number of aromatic hydroxyl groups is 1. The number of pyridine rings is 1. The van der Waals surface area contributed by atoms with Crippen LogP contribution in [0.25, 0.3) is 0 Å². The van der Waals surface area contributed by atoms with Gasteiger partial charge in [0.15, 0.2) is 0 Å². The minimum Gasteiger partial charge on any atom is -0.508 e. The third kappa shape index (κ3) is 4.69. The van der Waals surface area contributed by atoms with Gasteiger partial charge in [-0.05, 0) is 63.8 Å². The molecule has 0 spiro atoms. The Morgan fingerprint density at radius 2 is 1.87 bits per heavy atom. The average Bonchev–Trinajstić information content (AvgIpc) is 2.70. The monoisotopic (exact) mass is 411 g/mol. The number of phenolic OH excluding ortho intramolecular Hbond substituents is 1. The normalized spacial score (nSPS) is 14.5. The van der Waals surface area contributed by atoms with Gasteiger partial charge in [-0.2, -0.15) is 0 Å². The number of anilines is 1. The van der Waals surface area contributed by atoms with Crippen molar-refractivity contribution in [2.24, 2.45) is 0 Å². The summed E-state index contributed by atoms with van der Waals surface area (Å²) in [6.07, 6.45) is 5.99. The van der Waals surface area contributed by atoms with E-state index in [0.29, 0.717) is 17.2 Å². The smallest absolute Gasteiger partial charge is 0.253 e. The summed E-state index contributed by atoms with van der Waals surface area (Å²) in [5.74, 6) is -0.205. The summed E-state index contributed by atoms with van der Waals surface area (Å²) in [4.78, 5) is 30.3. The summed E-state index contributed by atoms with van der Waals surface area (Å²) in [6.45, 7) is 8.72. The number of nitrogens with one attached hydrogen (secondary N) is 2. The highest BCUT2D eigenvalue weighted by Crippen LogP contribution is 2.33. The van der Waals surface area contributed by atoms with Crippen LogP contribution in [0.15, 0.2) is 23.0 Å². The Morgan fingerprint density at radius 1 is 1.17 bits per heavy atom. The van der Waals surface area contributed by atoms with Crippen molar-refractivity contribution < 1.29 is 9.90 Å². The van der Waals surface area contributed by atoms with Crippen LogP contribution in [0.3, 0.4) is 0 Å². The molecule has 3 N–H and O–H groups in total. The van der Waals surface area contributed by atoms with E-state index < -0.39 is 0 Å². The maximum absolute atomic E-state index is 13.0. The molecule has 0 unspecified atom stereocenters. The van der Waals surface area contributed by atoms with E-state index in [1.165, 1.54) is 25.3 Å². The fourth-order valence-electron chi connectivity index (χ4n) is 4.60. The van der Waals surface area contributed by atoms with Gasteiger partial charge >= 0.3 is 0 Å². The number of hydrogen-bond acceptors (Lipinski definition) is 4. The van der Waals surface area contributed by atoms with Crippen molar-refractivity contribution >= 4 is 11.6 Å². The minimum absolute atomic E-state index is 0.0828. The molecule has 1 fully saturated rings. The molecule has 0 saturated heterocycles. The number of nitrogens with zero attached hydrogens (tertiary/aromatic N) is 1. The second-order valence-corrected chi connectivity index (χ2v) is 8.34. The SMILES string of the molecule is CCN(c1cc(O)cc(C(=O)NCc2c(C)cc(C)[nH]c2=O)c1C)C1CCCCC1. The largest absolute Gasteiger partial charge is 0.508 e. The topological polar surface area (TPSA) is 85.4 Å². The van der Waals surface area contributed by atoms with Crippen LogP contribution in [0, 0.1) is 20.8 Å². The first-order chi connectivity index (χ1) is 14.3. The lowest BCUT2D eigenvalue weighted by molar-refractivity contribution is 0.0949. The highest BCUT2D eigenvalue weighted by molar-refractivity contribution is 5.97. The van der Waals surface area contributed by atoms with Crippen LogP contribution in [0.2, 0.25) is 0 Å². The number of amides is 1. The Morgan fingerprint density at radius 3 is 2.50 bits per heavy atom. The maximum Gasteiger partial charge on any atom is 0.253 e. The van der Waals surface area contributed by atoms with Gasteiger partial charge in [-0.15, -0.1) is 0 Å². The number of aromatic amines is 1. The summed E-state index contributed by atoms with van der Waals surface area (Å²) in [6, 6.07) is 5.60. The van der Waals surface area contributed by atoms with Gasteiger partial charge in [-0.3, -0.25) is 9.59 Å². The molecule has 1 aliphatic carbocycles. The lowest BCUT2D eigenvalue weighted by atomic mass is 9.93. The van der Waals surface area contributed by atoms with Crippen molar-refractivity contribution in [1.29, 1.82) is 0 Å². The molecule has 30 heavy (non-hydrogen) atoms. The van der Waals surface area contributed by atoms with Gasteiger partial charge in [0.05, 0.1) is 0 Å². The van der Waals surface area contributed by atoms with Crippen LogP contribution in [0.1, 0.15) is 71.8 Å². The number of rotatable bonds is 6. The van der Waals surface area contributed by atoms with Crippen LogP contribution >= 0.6 is 0 Å². The lowest BCUT2D eigenvalue weighted by Crippen LogP contribution is -2.37. The lowest BCUT2D eigenvalue weighted by Gasteiger charge is -2.36. The van der Waals surface area contributed by atoms with Crippen LogP contribution in [-0.2, 0) is 6.54 Å². The molecule has 1 aromatic heterocycles. The zero-order valence-electron chi connectivity index (χ0n) is 18.5. The first kappa shape index (κ1) is 21.9.